The molecule has 3 atom stereocenters. The minimum absolute atomic E-state index is 0.0413. The van der Waals surface area contributed by atoms with E-state index >= 15 is 0 Å². The third kappa shape index (κ3) is 5.12. The molecule has 0 aliphatic heterocycles. The summed E-state index contributed by atoms with van der Waals surface area (Å²) in [5.74, 6) is 0.158. The van der Waals surface area contributed by atoms with Crippen LogP contribution in [-0.2, 0) is 9.59 Å². The maximum Gasteiger partial charge on any atom is 0.317 e. The van der Waals surface area contributed by atoms with E-state index < -0.39 is 5.97 Å². The van der Waals surface area contributed by atoms with Crippen LogP contribution in [0.2, 0.25) is 0 Å². The lowest BCUT2D eigenvalue weighted by Gasteiger charge is -2.35. The van der Waals surface area contributed by atoms with Crippen molar-refractivity contribution in [2.24, 2.45) is 11.8 Å². The number of carboxylic acids is 1. The second-order valence-electron chi connectivity index (χ2n) is 6.33. The zero-order valence-electron chi connectivity index (χ0n) is 13.1. The number of amides is 1. The number of aliphatic carboxylic acids is 1. The second kappa shape index (κ2) is 7.62. The molecule has 1 rings (SSSR count). The molecule has 1 aliphatic carbocycles. The van der Waals surface area contributed by atoms with Gasteiger partial charge in [0.25, 0.3) is 0 Å². The van der Waals surface area contributed by atoms with Crippen LogP contribution in [-0.4, -0.2) is 47.1 Å². The number of rotatable bonds is 6. The summed E-state index contributed by atoms with van der Waals surface area (Å²) in [6, 6.07) is 0.268. The van der Waals surface area contributed by atoms with Crippen molar-refractivity contribution in [2.45, 2.75) is 59.0 Å². The first-order valence-electron chi connectivity index (χ1n) is 7.56. The monoisotopic (exact) mass is 284 g/mol. The van der Waals surface area contributed by atoms with Gasteiger partial charge in [-0.15, -0.1) is 0 Å². The van der Waals surface area contributed by atoms with Gasteiger partial charge in [0.1, 0.15) is 0 Å². The Hall–Kier alpha value is -1.10. The molecule has 5 nitrogen and oxygen atoms in total. The van der Waals surface area contributed by atoms with Crippen LogP contribution in [0.4, 0.5) is 0 Å². The maximum absolute atomic E-state index is 12.1. The van der Waals surface area contributed by atoms with Crippen LogP contribution in [0.25, 0.3) is 0 Å². The van der Waals surface area contributed by atoms with Crippen molar-refractivity contribution in [1.82, 2.24) is 10.2 Å². The van der Waals surface area contributed by atoms with Gasteiger partial charge in [0, 0.05) is 12.1 Å². The van der Waals surface area contributed by atoms with Crippen LogP contribution in [0, 0.1) is 11.8 Å². The topological polar surface area (TPSA) is 69.6 Å². The van der Waals surface area contributed by atoms with E-state index in [2.05, 4.69) is 19.2 Å². The van der Waals surface area contributed by atoms with Gasteiger partial charge in [-0.05, 0) is 32.1 Å². The summed E-state index contributed by atoms with van der Waals surface area (Å²) < 4.78 is 0. The van der Waals surface area contributed by atoms with E-state index in [1.165, 1.54) is 6.42 Å². The van der Waals surface area contributed by atoms with Gasteiger partial charge in [0.2, 0.25) is 5.91 Å². The second-order valence-corrected chi connectivity index (χ2v) is 6.33. The van der Waals surface area contributed by atoms with E-state index in [0.29, 0.717) is 11.8 Å². The molecule has 0 aromatic carbocycles. The Morgan fingerprint density at radius 3 is 2.45 bits per heavy atom. The molecule has 2 N–H and O–H groups in total. The minimum Gasteiger partial charge on any atom is -0.480 e. The largest absolute Gasteiger partial charge is 0.480 e. The Bertz CT molecular complexity index is 344. The molecule has 1 aliphatic rings. The Labute approximate surface area is 121 Å². The van der Waals surface area contributed by atoms with Crippen LogP contribution in [0.15, 0.2) is 0 Å². The normalized spacial score (nSPS) is 26.8. The van der Waals surface area contributed by atoms with Crippen molar-refractivity contribution >= 4 is 11.9 Å². The van der Waals surface area contributed by atoms with E-state index in [-0.39, 0.29) is 31.1 Å². The van der Waals surface area contributed by atoms with E-state index in [1.807, 2.05) is 13.8 Å². The van der Waals surface area contributed by atoms with Gasteiger partial charge in [0.05, 0.1) is 13.1 Å². The fourth-order valence-electron chi connectivity index (χ4n) is 2.82. The molecular formula is C15H28N2O3. The molecule has 1 saturated carbocycles. The summed E-state index contributed by atoms with van der Waals surface area (Å²) in [5.41, 5.74) is 0. The van der Waals surface area contributed by atoms with Gasteiger partial charge >= 0.3 is 5.97 Å². The van der Waals surface area contributed by atoms with Crippen molar-refractivity contribution in [3.63, 3.8) is 0 Å². The molecule has 0 heterocycles. The lowest BCUT2D eigenvalue weighted by Crippen LogP contribution is -2.49. The van der Waals surface area contributed by atoms with Crippen LogP contribution < -0.4 is 5.32 Å². The van der Waals surface area contributed by atoms with E-state index in [1.54, 1.807) is 4.90 Å². The van der Waals surface area contributed by atoms with E-state index in [4.69, 9.17) is 5.11 Å². The average molecular weight is 284 g/mol. The third-order valence-corrected chi connectivity index (χ3v) is 4.47. The van der Waals surface area contributed by atoms with E-state index in [0.717, 1.165) is 12.8 Å². The summed E-state index contributed by atoms with van der Waals surface area (Å²) >= 11 is 0. The van der Waals surface area contributed by atoms with Crippen LogP contribution in [0.3, 0.4) is 0 Å². The molecular weight excluding hydrogens is 256 g/mol. The third-order valence-electron chi connectivity index (χ3n) is 4.47. The van der Waals surface area contributed by atoms with Crippen LogP contribution in [0.5, 0.6) is 0 Å². The molecule has 0 bridgehead atoms. The number of nitrogens with zero attached hydrogens (tertiary/aromatic N) is 1. The fourth-order valence-corrected chi connectivity index (χ4v) is 2.82. The minimum atomic E-state index is -0.897. The summed E-state index contributed by atoms with van der Waals surface area (Å²) in [6.45, 7) is 8.28. The molecule has 0 saturated heterocycles. The Morgan fingerprint density at radius 1 is 1.25 bits per heavy atom. The predicted octanol–water partition coefficient (Wildman–Crippen LogP) is 1.72. The van der Waals surface area contributed by atoms with Crippen molar-refractivity contribution in [1.29, 1.82) is 0 Å². The zero-order chi connectivity index (χ0) is 15.3. The number of carboxylic acid groups (broad SMARTS) is 1. The molecule has 5 heteroatoms. The zero-order valence-corrected chi connectivity index (χ0v) is 13.1. The number of hydrogen-bond acceptors (Lipinski definition) is 3. The van der Waals surface area contributed by atoms with Gasteiger partial charge in [-0.2, -0.15) is 0 Å². The maximum atomic E-state index is 12.1. The lowest BCUT2D eigenvalue weighted by atomic mass is 9.78. The first kappa shape index (κ1) is 17.0. The summed E-state index contributed by atoms with van der Waals surface area (Å²) in [6.07, 6.45) is 3.40. The van der Waals surface area contributed by atoms with Crippen molar-refractivity contribution in [3.05, 3.63) is 0 Å². The molecule has 0 aromatic heterocycles. The van der Waals surface area contributed by atoms with Gasteiger partial charge in [0.15, 0.2) is 0 Å². The molecule has 20 heavy (non-hydrogen) atoms. The molecule has 1 amide bonds. The smallest absolute Gasteiger partial charge is 0.317 e. The quantitative estimate of drug-likeness (QED) is 0.779. The molecule has 3 unspecified atom stereocenters. The summed E-state index contributed by atoms with van der Waals surface area (Å²) in [7, 11) is 0. The van der Waals surface area contributed by atoms with Crippen LogP contribution in [0.1, 0.15) is 47.0 Å². The Balaban J connectivity index is 2.50. The SMILES string of the molecule is CC1CCCC(NC(=O)CN(CC(=O)O)C(C)C)C1C. The Kier molecular flexibility index (Phi) is 6.46. The number of nitrogens with one attached hydrogen (secondary N) is 1. The highest BCUT2D eigenvalue weighted by molar-refractivity contribution is 5.79. The predicted molar refractivity (Wildman–Crippen MR) is 78.5 cm³/mol. The summed E-state index contributed by atoms with van der Waals surface area (Å²) in [5, 5.41) is 12.0. The van der Waals surface area contributed by atoms with Gasteiger partial charge in [-0.3, -0.25) is 14.5 Å². The standard InChI is InChI=1S/C15H28N2O3/c1-10(2)17(9-15(19)20)8-14(18)16-13-7-5-6-11(3)12(13)4/h10-13H,5-9H2,1-4H3,(H,16,18)(H,19,20). The average Bonchev–Trinajstić information content (AvgIpc) is 2.33. The molecule has 1 fully saturated rings. The highest BCUT2D eigenvalue weighted by atomic mass is 16.4. The van der Waals surface area contributed by atoms with Crippen molar-refractivity contribution < 1.29 is 14.7 Å². The highest BCUT2D eigenvalue weighted by Gasteiger charge is 2.28. The fraction of sp³-hybridized carbons (Fsp3) is 0.867. The van der Waals surface area contributed by atoms with Gasteiger partial charge in [-0.1, -0.05) is 26.7 Å². The first-order valence-corrected chi connectivity index (χ1v) is 7.56. The molecule has 0 aromatic rings. The number of carbonyl (C=O) groups is 2. The lowest BCUT2D eigenvalue weighted by molar-refractivity contribution is -0.139. The van der Waals surface area contributed by atoms with Crippen molar-refractivity contribution in [2.75, 3.05) is 13.1 Å². The Morgan fingerprint density at radius 2 is 1.90 bits per heavy atom. The van der Waals surface area contributed by atoms with Crippen LogP contribution >= 0.6 is 0 Å². The summed E-state index contributed by atoms with van der Waals surface area (Å²) in [4.78, 5) is 24.6. The van der Waals surface area contributed by atoms with Crippen molar-refractivity contribution in [3.8, 4) is 0 Å². The van der Waals surface area contributed by atoms with Gasteiger partial charge < -0.3 is 10.4 Å². The van der Waals surface area contributed by atoms with E-state index in [9.17, 15) is 9.59 Å². The molecule has 116 valence electrons. The number of hydrogen-bond donors (Lipinski definition) is 2. The molecule has 0 spiro atoms. The highest BCUT2D eigenvalue weighted by Crippen LogP contribution is 2.29. The van der Waals surface area contributed by atoms with Gasteiger partial charge in [-0.25, -0.2) is 0 Å². The number of carbonyl (C=O) groups excluding carboxylic acids is 1. The molecule has 0 radical (unpaired) electrons. The first-order chi connectivity index (χ1) is 9.31.